The van der Waals surface area contributed by atoms with Crippen molar-refractivity contribution in [1.29, 1.82) is 0 Å². The lowest BCUT2D eigenvalue weighted by Crippen LogP contribution is -2.11. The molecule has 0 fully saturated rings. The maximum Gasteiger partial charge on any atom is 0.409 e. The molecule has 0 radical (unpaired) electrons. The second kappa shape index (κ2) is 4.33. The van der Waals surface area contributed by atoms with Crippen LogP contribution in [0.3, 0.4) is 0 Å². The van der Waals surface area contributed by atoms with Crippen LogP contribution in [-0.2, 0) is 4.74 Å². The van der Waals surface area contributed by atoms with Gasteiger partial charge in [0.1, 0.15) is 5.76 Å². The van der Waals surface area contributed by atoms with Crippen LogP contribution in [0.5, 0.6) is 0 Å². The molecule has 0 saturated heterocycles. The number of carbonyl (C=O) groups excluding carboxylic acids is 1. The fraction of sp³-hybridized carbons (Fsp3) is 0.125. The number of carbonyl (C=O) groups is 1. The average Bonchev–Trinajstić information content (AvgIpc) is 1.82. The van der Waals surface area contributed by atoms with Gasteiger partial charge in [0.25, 0.3) is 0 Å². The Kier molecular flexibility index (Phi) is 3.73. The minimum atomic E-state index is -0.860. The Bertz CT molecular complexity index is 216. The summed E-state index contributed by atoms with van der Waals surface area (Å²) in [5.41, 5.74) is 5.57. The van der Waals surface area contributed by atoms with Gasteiger partial charge in [-0.15, -0.1) is 0 Å². The normalized spacial score (nSPS) is 9.55. The third-order valence-electron chi connectivity index (χ3n) is 0.785. The van der Waals surface area contributed by atoms with E-state index in [0.717, 1.165) is 5.57 Å². The Labute approximate surface area is 65.8 Å². The quantitative estimate of drug-likeness (QED) is 0.495. The molecule has 1 amide bonds. The van der Waals surface area contributed by atoms with E-state index in [0.29, 0.717) is 0 Å². The first-order chi connectivity index (χ1) is 5.02. The number of nitrogens with two attached hydrogens (primary N) is 1. The van der Waals surface area contributed by atoms with Gasteiger partial charge in [-0.3, -0.25) is 0 Å². The van der Waals surface area contributed by atoms with Crippen LogP contribution >= 0.6 is 0 Å². The third kappa shape index (κ3) is 6.37. The Balaban J connectivity index is 3.88. The summed E-state index contributed by atoms with van der Waals surface area (Å²) < 4.78 is 4.42. The molecule has 0 unspecified atom stereocenters. The highest BCUT2D eigenvalue weighted by atomic mass is 16.5. The van der Waals surface area contributed by atoms with Crippen molar-refractivity contribution in [3.63, 3.8) is 0 Å². The zero-order valence-corrected chi connectivity index (χ0v) is 6.46. The van der Waals surface area contributed by atoms with Crippen molar-refractivity contribution in [3.05, 3.63) is 36.6 Å². The summed E-state index contributed by atoms with van der Waals surface area (Å²) in [6, 6.07) is 0. The second-order valence-corrected chi connectivity index (χ2v) is 2.07. The van der Waals surface area contributed by atoms with Gasteiger partial charge >= 0.3 is 6.09 Å². The molecule has 0 spiro atoms. The molecule has 0 saturated carbocycles. The molecule has 0 rings (SSSR count). The number of amides is 1. The van der Waals surface area contributed by atoms with Crippen molar-refractivity contribution in [2.24, 2.45) is 5.73 Å². The van der Waals surface area contributed by atoms with E-state index in [1.807, 2.05) is 6.92 Å². The molecular formula is C8H11NO2. The Morgan fingerprint density at radius 3 is 2.36 bits per heavy atom. The second-order valence-electron chi connectivity index (χ2n) is 2.07. The van der Waals surface area contributed by atoms with Gasteiger partial charge in [-0.25, -0.2) is 4.79 Å². The molecular weight excluding hydrogens is 142 g/mol. The van der Waals surface area contributed by atoms with E-state index in [1.54, 1.807) is 6.08 Å². The van der Waals surface area contributed by atoms with Crippen molar-refractivity contribution < 1.29 is 9.53 Å². The first kappa shape index (κ1) is 9.49. The maximum atomic E-state index is 10.1. The van der Waals surface area contributed by atoms with Gasteiger partial charge in [0.05, 0.1) is 0 Å². The highest BCUT2D eigenvalue weighted by Crippen LogP contribution is 1.98. The zero-order chi connectivity index (χ0) is 8.85. The molecule has 11 heavy (non-hydrogen) atoms. The molecule has 3 nitrogen and oxygen atoms in total. The highest BCUT2D eigenvalue weighted by molar-refractivity contribution is 5.66. The first-order valence-electron chi connectivity index (χ1n) is 3.02. The number of rotatable bonds is 3. The molecule has 2 N–H and O–H groups in total. The van der Waals surface area contributed by atoms with Crippen LogP contribution in [0, 0.1) is 0 Å². The summed E-state index contributed by atoms with van der Waals surface area (Å²) >= 11 is 0. The Hall–Kier alpha value is -1.51. The highest BCUT2D eigenvalue weighted by Gasteiger charge is 1.93. The molecule has 0 aromatic rings. The maximum absolute atomic E-state index is 10.1. The molecule has 0 aliphatic heterocycles. The topological polar surface area (TPSA) is 52.3 Å². The van der Waals surface area contributed by atoms with E-state index in [2.05, 4.69) is 17.9 Å². The van der Waals surface area contributed by atoms with Gasteiger partial charge < -0.3 is 10.5 Å². The molecule has 0 aromatic carbocycles. The van der Waals surface area contributed by atoms with Crippen LogP contribution < -0.4 is 5.73 Å². The standard InChI is InChI=1S/C8H11NO2/c1-6(2)4-5-7(3)11-8(9)10/h4-5H,1,3H2,2H3,(H2,9,10)/b5-4-. The molecule has 0 aliphatic carbocycles. The van der Waals surface area contributed by atoms with Gasteiger partial charge in [-0.05, 0) is 13.0 Å². The van der Waals surface area contributed by atoms with Crippen LogP contribution in [0.15, 0.2) is 36.6 Å². The predicted molar refractivity (Wildman–Crippen MR) is 43.8 cm³/mol. The van der Waals surface area contributed by atoms with Crippen molar-refractivity contribution in [1.82, 2.24) is 0 Å². The van der Waals surface area contributed by atoms with Gasteiger partial charge in [0, 0.05) is 0 Å². The van der Waals surface area contributed by atoms with Crippen molar-refractivity contribution in [2.75, 3.05) is 0 Å². The van der Waals surface area contributed by atoms with Gasteiger partial charge in [-0.2, -0.15) is 0 Å². The summed E-state index contributed by atoms with van der Waals surface area (Å²) in [7, 11) is 0. The van der Waals surface area contributed by atoms with Crippen LogP contribution in [-0.4, -0.2) is 6.09 Å². The molecule has 0 aromatic heterocycles. The van der Waals surface area contributed by atoms with Crippen molar-refractivity contribution in [2.45, 2.75) is 6.92 Å². The molecule has 3 heteroatoms. The molecule has 0 aliphatic rings. The zero-order valence-electron chi connectivity index (χ0n) is 6.46. The Morgan fingerprint density at radius 1 is 1.45 bits per heavy atom. The summed E-state index contributed by atoms with van der Waals surface area (Å²) in [6.45, 7) is 8.84. The average molecular weight is 153 g/mol. The SMILES string of the molecule is C=C(C)/C=C\C(=C)OC(N)=O. The minimum Gasteiger partial charge on any atom is -0.411 e. The lowest BCUT2D eigenvalue weighted by atomic mass is 10.3. The van der Waals surface area contributed by atoms with Crippen molar-refractivity contribution in [3.8, 4) is 0 Å². The summed E-state index contributed by atoms with van der Waals surface area (Å²) in [5.74, 6) is 0.209. The van der Waals surface area contributed by atoms with Crippen LogP contribution in [0.4, 0.5) is 4.79 Å². The summed E-state index contributed by atoms with van der Waals surface area (Å²) in [6.07, 6.45) is 2.33. The summed E-state index contributed by atoms with van der Waals surface area (Å²) in [5, 5.41) is 0. The fourth-order valence-electron chi connectivity index (χ4n) is 0.398. The number of ether oxygens (including phenoxy) is 1. The van der Waals surface area contributed by atoms with E-state index >= 15 is 0 Å². The fourth-order valence-corrected chi connectivity index (χ4v) is 0.398. The van der Waals surface area contributed by atoms with E-state index in [1.165, 1.54) is 6.08 Å². The smallest absolute Gasteiger partial charge is 0.409 e. The number of allylic oxidation sites excluding steroid dienone is 3. The largest absolute Gasteiger partial charge is 0.411 e. The van der Waals surface area contributed by atoms with Crippen LogP contribution in [0.2, 0.25) is 0 Å². The number of hydrogen-bond donors (Lipinski definition) is 1. The number of hydrogen-bond acceptors (Lipinski definition) is 2. The van der Waals surface area contributed by atoms with Gasteiger partial charge in [0.15, 0.2) is 0 Å². The molecule has 0 atom stereocenters. The van der Waals surface area contributed by atoms with E-state index in [9.17, 15) is 4.79 Å². The van der Waals surface area contributed by atoms with E-state index in [-0.39, 0.29) is 5.76 Å². The van der Waals surface area contributed by atoms with Gasteiger partial charge in [-0.1, -0.05) is 24.8 Å². The van der Waals surface area contributed by atoms with E-state index in [4.69, 9.17) is 5.73 Å². The minimum absolute atomic E-state index is 0.209. The third-order valence-corrected chi connectivity index (χ3v) is 0.785. The van der Waals surface area contributed by atoms with E-state index < -0.39 is 6.09 Å². The first-order valence-corrected chi connectivity index (χ1v) is 3.02. The molecule has 0 heterocycles. The van der Waals surface area contributed by atoms with Crippen LogP contribution in [0.25, 0.3) is 0 Å². The van der Waals surface area contributed by atoms with Crippen LogP contribution in [0.1, 0.15) is 6.92 Å². The molecule has 60 valence electrons. The lowest BCUT2D eigenvalue weighted by molar-refractivity contribution is 0.190. The summed E-state index contributed by atoms with van der Waals surface area (Å²) in [4.78, 5) is 10.1. The predicted octanol–water partition coefficient (Wildman–Crippen LogP) is 1.73. The monoisotopic (exact) mass is 153 g/mol. The lowest BCUT2D eigenvalue weighted by Gasteiger charge is -1.96. The number of primary amides is 1. The Morgan fingerprint density at radius 2 is 2.00 bits per heavy atom. The molecule has 0 bridgehead atoms. The van der Waals surface area contributed by atoms with Gasteiger partial charge in [0.2, 0.25) is 0 Å². The van der Waals surface area contributed by atoms with Crippen molar-refractivity contribution >= 4 is 6.09 Å².